The Morgan fingerprint density at radius 2 is 2.11 bits per heavy atom. The predicted molar refractivity (Wildman–Crippen MR) is 106 cm³/mol. The molecular formula is C19H20N8O. The molecule has 1 aromatic carbocycles. The van der Waals surface area contributed by atoms with Crippen molar-refractivity contribution in [3.63, 3.8) is 0 Å². The van der Waals surface area contributed by atoms with E-state index in [-0.39, 0.29) is 23.0 Å². The number of nitrogens with one attached hydrogen (secondary N) is 2. The summed E-state index contributed by atoms with van der Waals surface area (Å²) in [4.78, 5) is 8.79. The van der Waals surface area contributed by atoms with E-state index < -0.39 is 6.04 Å². The van der Waals surface area contributed by atoms with Crippen molar-refractivity contribution in [3.05, 3.63) is 40.5 Å². The van der Waals surface area contributed by atoms with Gasteiger partial charge in [-0.3, -0.25) is 5.32 Å². The van der Waals surface area contributed by atoms with E-state index in [0.29, 0.717) is 18.0 Å². The molecule has 0 fully saturated rings. The molecule has 6 N–H and O–H groups in total. The number of nitrogens with zero attached hydrogens (tertiary/aromatic N) is 4. The van der Waals surface area contributed by atoms with Crippen LogP contribution in [0.15, 0.2) is 23.2 Å². The van der Waals surface area contributed by atoms with E-state index in [2.05, 4.69) is 20.6 Å². The second-order valence-corrected chi connectivity index (χ2v) is 6.28. The molecule has 2 aromatic rings. The number of ether oxygens (including phenoxy) is 1. The standard InChI is InChI=1S/C19H20N8O/c1-3-6-28-13-7-11(5-4-10(13)2)16-14-15(22)12(8-20)17(23)26-18(14)27-19(25-16)24-9-21/h4-5,7,16H,3,6H2,1-2H3,(H6,22,23,24,25,26,27). The Balaban J connectivity index is 2.18. The fourth-order valence-electron chi connectivity index (χ4n) is 2.98. The van der Waals surface area contributed by atoms with Crippen molar-refractivity contribution in [1.82, 2.24) is 10.3 Å². The number of aliphatic imine (C=N–C) groups is 1. The quantitative estimate of drug-likeness (QED) is 0.467. The summed E-state index contributed by atoms with van der Waals surface area (Å²) < 4.78 is 5.82. The summed E-state index contributed by atoms with van der Waals surface area (Å²) in [7, 11) is 0. The van der Waals surface area contributed by atoms with E-state index in [1.54, 1.807) is 0 Å². The van der Waals surface area contributed by atoms with Gasteiger partial charge in [0.15, 0.2) is 6.19 Å². The number of nitriles is 2. The van der Waals surface area contributed by atoms with Gasteiger partial charge in [0.05, 0.1) is 12.3 Å². The summed E-state index contributed by atoms with van der Waals surface area (Å²) in [5, 5.41) is 23.7. The number of pyridine rings is 1. The summed E-state index contributed by atoms with van der Waals surface area (Å²) >= 11 is 0. The van der Waals surface area contributed by atoms with Crippen molar-refractivity contribution in [2.24, 2.45) is 4.99 Å². The van der Waals surface area contributed by atoms with Gasteiger partial charge in [-0.25, -0.2) is 9.98 Å². The van der Waals surface area contributed by atoms with Crippen LogP contribution in [0.1, 0.15) is 41.6 Å². The van der Waals surface area contributed by atoms with E-state index in [0.717, 1.165) is 23.3 Å². The van der Waals surface area contributed by atoms with Crippen LogP contribution in [0.5, 0.6) is 5.75 Å². The molecule has 28 heavy (non-hydrogen) atoms. The first-order chi connectivity index (χ1) is 13.5. The van der Waals surface area contributed by atoms with Crippen molar-refractivity contribution < 1.29 is 4.74 Å². The molecule has 0 radical (unpaired) electrons. The fourth-order valence-corrected chi connectivity index (χ4v) is 2.98. The Labute approximate surface area is 162 Å². The van der Waals surface area contributed by atoms with Gasteiger partial charge >= 0.3 is 0 Å². The van der Waals surface area contributed by atoms with Gasteiger partial charge in [0.2, 0.25) is 5.96 Å². The highest BCUT2D eigenvalue weighted by Gasteiger charge is 2.30. The van der Waals surface area contributed by atoms with E-state index in [1.807, 2.05) is 44.3 Å². The first-order valence-electron chi connectivity index (χ1n) is 8.72. The van der Waals surface area contributed by atoms with Crippen molar-refractivity contribution >= 4 is 23.3 Å². The lowest BCUT2D eigenvalue weighted by molar-refractivity contribution is 0.315. The number of guanidine groups is 1. The molecule has 142 valence electrons. The number of nitrogen functional groups attached to an aromatic ring is 2. The number of fused-ring (bicyclic) bond motifs is 1. The lowest BCUT2D eigenvalue weighted by atomic mass is 9.94. The lowest BCUT2D eigenvalue weighted by Gasteiger charge is -2.26. The zero-order valence-corrected chi connectivity index (χ0v) is 15.6. The van der Waals surface area contributed by atoms with Crippen LogP contribution in [0.2, 0.25) is 0 Å². The molecule has 0 bridgehead atoms. The molecule has 0 saturated carbocycles. The average molecular weight is 376 g/mol. The normalized spacial score (nSPS) is 14.7. The van der Waals surface area contributed by atoms with E-state index >= 15 is 0 Å². The minimum absolute atomic E-state index is 0.0130. The molecular weight excluding hydrogens is 356 g/mol. The highest BCUT2D eigenvalue weighted by Crippen LogP contribution is 2.41. The molecule has 1 aliphatic heterocycles. The van der Waals surface area contributed by atoms with Gasteiger partial charge in [-0.2, -0.15) is 10.5 Å². The van der Waals surface area contributed by atoms with Crippen molar-refractivity contribution in [2.75, 3.05) is 23.4 Å². The van der Waals surface area contributed by atoms with Gasteiger partial charge < -0.3 is 21.5 Å². The third-order valence-corrected chi connectivity index (χ3v) is 4.35. The number of rotatable bonds is 4. The van der Waals surface area contributed by atoms with Crippen molar-refractivity contribution in [1.29, 1.82) is 10.5 Å². The van der Waals surface area contributed by atoms with Crippen LogP contribution in [-0.2, 0) is 0 Å². The Hall–Kier alpha value is -3.98. The first-order valence-corrected chi connectivity index (χ1v) is 8.72. The summed E-state index contributed by atoms with van der Waals surface area (Å²) in [6.45, 7) is 4.59. The zero-order chi connectivity index (χ0) is 20.3. The van der Waals surface area contributed by atoms with Crippen LogP contribution >= 0.6 is 0 Å². The molecule has 1 unspecified atom stereocenters. The van der Waals surface area contributed by atoms with Crippen LogP contribution in [0.4, 0.5) is 17.3 Å². The highest BCUT2D eigenvalue weighted by atomic mass is 16.5. The van der Waals surface area contributed by atoms with Gasteiger partial charge in [0.25, 0.3) is 0 Å². The molecule has 9 nitrogen and oxygen atoms in total. The molecule has 0 aliphatic carbocycles. The molecule has 0 amide bonds. The van der Waals surface area contributed by atoms with Gasteiger partial charge in [-0.1, -0.05) is 19.1 Å². The van der Waals surface area contributed by atoms with Gasteiger partial charge in [0, 0.05) is 5.56 Å². The maximum absolute atomic E-state index is 9.39. The minimum Gasteiger partial charge on any atom is -0.493 e. The van der Waals surface area contributed by atoms with Crippen molar-refractivity contribution in [2.45, 2.75) is 26.3 Å². The number of hydrogen-bond donors (Lipinski definition) is 4. The maximum atomic E-state index is 9.39. The molecule has 1 aliphatic rings. The maximum Gasteiger partial charge on any atom is 0.211 e. The average Bonchev–Trinajstić information content (AvgIpc) is 2.67. The molecule has 2 heterocycles. The number of benzene rings is 1. The van der Waals surface area contributed by atoms with Crippen LogP contribution < -0.4 is 26.8 Å². The number of nitrogens with two attached hydrogens (primary N) is 2. The van der Waals surface area contributed by atoms with Crippen LogP contribution in [0.3, 0.4) is 0 Å². The number of aryl methyl sites for hydroxylation is 1. The van der Waals surface area contributed by atoms with Gasteiger partial charge in [-0.05, 0) is 30.5 Å². The zero-order valence-electron chi connectivity index (χ0n) is 15.6. The fraction of sp³-hybridized carbons (Fsp3) is 0.263. The molecule has 0 saturated heterocycles. The third-order valence-electron chi connectivity index (χ3n) is 4.35. The van der Waals surface area contributed by atoms with Crippen LogP contribution in [0.25, 0.3) is 0 Å². The lowest BCUT2D eigenvalue weighted by Crippen LogP contribution is -2.32. The van der Waals surface area contributed by atoms with Crippen molar-refractivity contribution in [3.8, 4) is 18.0 Å². The highest BCUT2D eigenvalue weighted by molar-refractivity contribution is 5.98. The van der Waals surface area contributed by atoms with Gasteiger partial charge in [-0.15, -0.1) is 0 Å². The van der Waals surface area contributed by atoms with Gasteiger partial charge in [0.1, 0.15) is 35.1 Å². The monoisotopic (exact) mass is 376 g/mol. The Kier molecular flexibility index (Phi) is 5.18. The van der Waals surface area contributed by atoms with Crippen LogP contribution in [0, 0.1) is 29.7 Å². The SMILES string of the molecule is CCCOc1cc(C2N=C(NC#N)Nc3nc(N)c(C#N)c(N)c32)ccc1C. The third kappa shape index (κ3) is 3.33. The molecule has 0 spiro atoms. The summed E-state index contributed by atoms with van der Waals surface area (Å²) in [5.74, 6) is 1.32. The Morgan fingerprint density at radius 1 is 1.32 bits per heavy atom. The second-order valence-electron chi connectivity index (χ2n) is 6.28. The summed E-state index contributed by atoms with van der Waals surface area (Å²) in [5.41, 5.74) is 14.7. The minimum atomic E-state index is -0.586. The number of hydrogen-bond acceptors (Lipinski definition) is 9. The Morgan fingerprint density at radius 3 is 2.79 bits per heavy atom. The van der Waals surface area contributed by atoms with E-state index in [4.69, 9.17) is 21.5 Å². The van der Waals surface area contributed by atoms with E-state index in [9.17, 15) is 5.26 Å². The van der Waals surface area contributed by atoms with Crippen LogP contribution in [-0.4, -0.2) is 17.6 Å². The molecule has 9 heteroatoms. The molecule has 1 atom stereocenters. The topological polar surface area (TPSA) is 158 Å². The summed E-state index contributed by atoms with van der Waals surface area (Å²) in [6.07, 6.45) is 2.71. The first kappa shape index (κ1) is 18.8. The smallest absolute Gasteiger partial charge is 0.211 e. The number of anilines is 3. The van der Waals surface area contributed by atoms with E-state index in [1.165, 1.54) is 0 Å². The second kappa shape index (κ2) is 7.72. The number of aromatic nitrogens is 1. The predicted octanol–water partition coefficient (Wildman–Crippen LogP) is 2.16. The largest absolute Gasteiger partial charge is 0.493 e. The summed E-state index contributed by atoms with van der Waals surface area (Å²) in [6, 6.07) is 7.13. The molecule has 3 rings (SSSR count). The Bertz CT molecular complexity index is 1030. The molecule has 1 aromatic heterocycles.